The fourth-order valence-corrected chi connectivity index (χ4v) is 4.38. The van der Waals surface area contributed by atoms with Crippen molar-refractivity contribution in [2.24, 2.45) is 0 Å². The molecule has 1 aliphatic heterocycles. The van der Waals surface area contributed by atoms with E-state index in [1.807, 2.05) is 34.5 Å². The molecule has 31 heavy (non-hydrogen) atoms. The normalized spacial score (nSPS) is 13.8. The molecule has 0 atom stereocenters. The second-order valence-electron chi connectivity index (χ2n) is 7.67. The number of halogens is 1. The van der Waals surface area contributed by atoms with Gasteiger partial charge in [0.1, 0.15) is 16.5 Å². The molecule has 4 rings (SSSR count). The molecule has 0 unspecified atom stereocenters. The van der Waals surface area contributed by atoms with Crippen molar-refractivity contribution in [3.8, 4) is 10.6 Å². The Hall–Kier alpha value is -3.06. The lowest BCUT2D eigenvalue weighted by Gasteiger charge is -2.25. The van der Waals surface area contributed by atoms with Crippen LogP contribution in [0.1, 0.15) is 40.9 Å². The molecule has 0 bridgehead atoms. The van der Waals surface area contributed by atoms with E-state index in [0.717, 1.165) is 47.6 Å². The van der Waals surface area contributed by atoms with Crippen molar-refractivity contribution in [2.45, 2.75) is 32.2 Å². The van der Waals surface area contributed by atoms with E-state index < -0.39 is 0 Å². The summed E-state index contributed by atoms with van der Waals surface area (Å²) < 4.78 is 13.0. The zero-order valence-corrected chi connectivity index (χ0v) is 18.0. The van der Waals surface area contributed by atoms with Crippen molar-refractivity contribution in [1.82, 2.24) is 15.2 Å². The van der Waals surface area contributed by atoms with Gasteiger partial charge in [-0.25, -0.2) is 9.37 Å². The maximum Gasteiger partial charge on any atom is 0.273 e. The highest BCUT2D eigenvalue weighted by atomic mass is 32.1. The number of benzene rings is 2. The van der Waals surface area contributed by atoms with Crippen LogP contribution in [-0.2, 0) is 17.8 Å². The summed E-state index contributed by atoms with van der Waals surface area (Å²) in [5.41, 5.74) is 3.20. The van der Waals surface area contributed by atoms with Crippen molar-refractivity contribution in [3.05, 3.63) is 76.5 Å². The van der Waals surface area contributed by atoms with Gasteiger partial charge in [0.05, 0.1) is 6.42 Å². The molecule has 0 saturated carbocycles. The molecule has 7 heteroatoms. The molecule has 0 spiro atoms. The molecule has 0 aliphatic carbocycles. The first-order valence-corrected chi connectivity index (χ1v) is 11.3. The van der Waals surface area contributed by atoms with Crippen LogP contribution in [-0.4, -0.2) is 34.8 Å². The third-order valence-electron chi connectivity index (χ3n) is 5.34. The summed E-state index contributed by atoms with van der Waals surface area (Å²) >= 11 is 1.47. The Morgan fingerprint density at radius 3 is 2.35 bits per heavy atom. The average Bonchev–Trinajstić information content (AvgIpc) is 3.30. The van der Waals surface area contributed by atoms with E-state index in [0.29, 0.717) is 12.2 Å². The van der Waals surface area contributed by atoms with Gasteiger partial charge in [-0.1, -0.05) is 36.4 Å². The van der Waals surface area contributed by atoms with Gasteiger partial charge in [0.25, 0.3) is 5.91 Å². The highest BCUT2D eigenvalue weighted by Crippen LogP contribution is 2.25. The maximum atomic E-state index is 13.0. The molecule has 2 aromatic carbocycles. The Balaban J connectivity index is 1.32. The lowest BCUT2D eigenvalue weighted by atomic mass is 10.1. The molecule has 2 heterocycles. The third kappa shape index (κ3) is 5.55. The summed E-state index contributed by atoms with van der Waals surface area (Å²) in [7, 11) is 0. The molecule has 2 amide bonds. The number of thiazole rings is 1. The highest BCUT2D eigenvalue weighted by molar-refractivity contribution is 7.13. The number of piperidine rings is 1. The summed E-state index contributed by atoms with van der Waals surface area (Å²) in [6.45, 7) is 2.04. The van der Waals surface area contributed by atoms with E-state index in [9.17, 15) is 14.0 Å². The van der Waals surface area contributed by atoms with Crippen molar-refractivity contribution in [3.63, 3.8) is 0 Å². The largest absolute Gasteiger partial charge is 0.352 e. The van der Waals surface area contributed by atoms with Crippen LogP contribution < -0.4 is 5.32 Å². The molecule has 1 fully saturated rings. The second-order valence-corrected chi connectivity index (χ2v) is 8.53. The Morgan fingerprint density at radius 2 is 1.65 bits per heavy atom. The number of nitrogens with one attached hydrogen (secondary N) is 1. The maximum absolute atomic E-state index is 13.0. The zero-order valence-electron chi connectivity index (χ0n) is 17.1. The summed E-state index contributed by atoms with van der Waals surface area (Å²) in [4.78, 5) is 31.1. The molecule has 3 aromatic rings. The summed E-state index contributed by atoms with van der Waals surface area (Å²) in [5, 5.41) is 5.52. The van der Waals surface area contributed by atoms with Crippen LogP contribution >= 0.6 is 11.3 Å². The number of hydrogen-bond acceptors (Lipinski definition) is 4. The number of rotatable bonds is 6. The van der Waals surface area contributed by atoms with E-state index in [1.54, 1.807) is 12.1 Å². The van der Waals surface area contributed by atoms with Gasteiger partial charge in [-0.2, -0.15) is 0 Å². The standard InChI is InChI=1S/C24H24FN3O2S/c25-20-10-6-17(7-11-20)14-22(29)26-15-18-4-8-19(9-5-18)23-27-21(16-31-23)24(30)28-12-2-1-3-13-28/h4-11,16H,1-3,12-15H2,(H,26,29). The lowest BCUT2D eigenvalue weighted by molar-refractivity contribution is -0.120. The minimum absolute atomic E-state index is 0.0164. The Kier molecular flexibility index (Phi) is 6.72. The van der Waals surface area contributed by atoms with Crippen LogP contribution in [0.15, 0.2) is 53.9 Å². The van der Waals surface area contributed by atoms with Crippen LogP contribution in [0.2, 0.25) is 0 Å². The molecular formula is C24H24FN3O2S. The predicted octanol–water partition coefficient (Wildman–Crippen LogP) is 4.43. The number of carbonyl (C=O) groups excluding carboxylic acids is 2. The molecule has 1 saturated heterocycles. The molecular weight excluding hydrogens is 413 g/mol. The van der Waals surface area contributed by atoms with Crippen LogP contribution in [0, 0.1) is 5.82 Å². The van der Waals surface area contributed by atoms with Gasteiger partial charge in [-0.15, -0.1) is 11.3 Å². The summed E-state index contributed by atoms with van der Waals surface area (Å²) in [6, 6.07) is 13.7. The summed E-state index contributed by atoms with van der Waals surface area (Å²) in [5.74, 6) is -0.411. The van der Waals surface area contributed by atoms with Gasteiger partial charge >= 0.3 is 0 Å². The number of likely N-dealkylation sites (tertiary alicyclic amines) is 1. The van der Waals surface area contributed by atoms with Gasteiger partial charge in [-0.05, 0) is 42.5 Å². The molecule has 160 valence electrons. The smallest absolute Gasteiger partial charge is 0.273 e. The monoisotopic (exact) mass is 437 g/mol. The first-order valence-electron chi connectivity index (χ1n) is 10.4. The summed E-state index contributed by atoms with van der Waals surface area (Å²) in [6.07, 6.45) is 3.52. The second kappa shape index (κ2) is 9.83. The van der Waals surface area contributed by atoms with Crippen LogP contribution in [0.5, 0.6) is 0 Å². The fraction of sp³-hybridized carbons (Fsp3) is 0.292. The molecule has 1 N–H and O–H groups in total. The zero-order chi connectivity index (χ0) is 21.6. The fourth-order valence-electron chi connectivity index (χ4n) is 3.58. The topological polar surface area (TPSA) is 62.3 Å². The predicted molar refractivity (Wildman–Crippen MR) is 119 cm³/mol. The van der Waals surface area contributed by atoms with E-state index in [-0.39, 0.29) is 24.1 Å². The van der Waals surface area contributed by atoms with Gasteiger partial charge in [-0.3, -0.25) is 9.59 Å². The average molecular weight is 438 g/mol. The lowest BCUT2D eigenvalue weighted by Crippen LogP contribution is -2.35. The number of carbonyl (C=O) groups is 2. The number of hydrogen-bond donors (Lipinski definition) is 1. The van der Waals surface area contributed by atoms with E-state index in [1.165, 1.54) is 29.9 Å². The van der Waals surface area contributed by atoms with Crippen molar-refractivity contribution >= 4 is 23.2 Å². The number of amides is 2. The quantitative estimate of drug-likeness (QED) is 0.620. The first-order chi connectivity index (χ1) is 15.1. The van der Waals surface area contributed by atoms with Gasteiger partial charge in [0.15, 0.2) is 0 Å². The minimum Gasteiger partial charge on any atom is -0.352 e. The first kappa shape index (κ1) is 21.2. The number of aromatic nitrogens is 1. The van der Waals surface area contributed by atoms with E-state index >= 15 is 0 Å². The molecule has 5 nitrogen and oxygen atoms in total. The number of nitrogens with zero attached hydrogens (tertiary/aromatic N) is 2. The Morgan fingerprint density at radius 1 is 0.968 bits per heavy atom. The Bertz CT molecular complexity index is 1040. The van der Waals surface area contributed by atoms with Gasteiger partial charge in [0, 0.05) is 30.6 Å². The van der Waals surface area contributed by atoms with Crippen molar-refractivity contribution in [2.75, 3.05) is 13.1 Å². The minimum atomic E-state index is -0.313. The SMILES string of the molecule is O=C(Cc1ccc(F)cc1)NCc1ccc(-c2nc(C(=O)N3CCCCC3)cs2)cc1. The van der Waals surface area contributed by atoms with Crippen LogP contribution in [0.25, 0.3) is 10.6 Å². The van der Waals surface area contributed by atoms with Crippen LogP contribution in [0.3, 0.4) is 0 Å². The molecule has 0 radical (unpaired) electrons. The van der Waals surface area contributed by atoms with Gasteiger partial charge < -0.3 is 10.2 Å². The Labute approximate surface area is 184 Å². The van der Waals surface area contributed by atoms with Crippen LogP contribution in [0.4, 0.5) is 4.39 Å². The van der Waals surface area contributed by atoms with E-state index in [4.69, 9.17) is 0 Å². The van der Waals surface area contributed by atoms with Crippen molar-refractivity contribution in [1.29, 1.82) is 0 Å². The van der Waals surface area contributed by atoms with E-state index in [2.05, 4.69) is 10.3 Å². The third-order valence-corrected chi connectivity index (χ3v) is 6.23. The highest BCUT2D eigenvalue weighted by Gasteiger charge is 2.20. The molecule has 1 aromatic heterocycles. The van der Waals surface area contributed by atoms with Crippen molar-refractivity contribution < 1.29 is 14.0 Å². The molecule has 1 aliphatic rings. The van der Waals surface area contributed by atoms with Gasteiger partial charge in [0.2, 0.25) is 5.91 Å².